The summed E-state index contributed by atoms with van der Waals surface area (Å²) < 4.78 is 19.5. The number of alkyl halides is 1. The highest BCUT2D eigenvalue weighted by atomic mass is 19.1. The van der Waals surface area contributed by atoms with Gasteiger partial charge in [0.05, 0.1) is 13.2 Å². The van der Waals surface area contributed by atoms with Crippen molar-refractivity contribution >= 4 is 5.91 Å². The highest BCUT2D eigenvalue weighted by molar-refractivity contribution is 5.87. The summed E-state index contributed by atoms with van der Waals surface area (Å²) in [4.78, 5) is 14.7. The number of hydrogen-bond donors (Lipinski definition) is 0. The summed E-state index contributed by atoms with van der Waals surface area (Å²) in [6, 6.07) is 0.542. The topological polar surface area (TPSA) is 29.5 Å². The highest BCUT2D eigenvalue weighted by Gasteiger charge is 2.51. The molecule has 0 aromatic heterocycles. The van der Waals surface area contributed by atoms with Crippen LogP contribution < -0.4 is 0 Å². The van der Waals surface area contributed by atoms with E-state index < -0.39 is 5.67 Å². The summed E-state index contributed by atoms with van der Waals surface area (Å²) in [6.07, 6.45) is 11.4. The maximum atomic E-state index is 14.5. The number of nitrogens with zero attached hydrogens (tertiary/aromatic N) is 1. The first-order chi connectivity index (χ1) is 9.71. The van der Waals surface area contributed by atoms with Crippen molar-refractivity contribution < 1.29 is 13.9 Å². The molecule has 3 rings (SSSR count). The van der Waals surface area contributed by atoms with Gasteiger partial charge in [0.15, 0.2) is 0 Å². The Kier molecular flexibility index (Phi) is 4.29. The third-order valence-electron chi connectivity index (χ3n) is 5.22. The number of carbonyl (C=O) groups excluding carboxylic acids is 1. The molecule has 1 heterocycles. The summed E-state index contributed by atoms with van der Waals surface area (Å²) in [6.45, 7) is -0.0798. The maximum Gasteiger partial charge on any atom is 0.265 e. The summed E-state index contributed by atoms with van der Waals surface area (Å²) in [5.41, 5.74) is -1.73. The molecular weight excluding hydrogens is 257 g/mol. The van der Waals surface area contributed by atoms with Crippen LogP contribution in [0.25, 0.3) is 0 Å². The fourth-order valence-electron chi connectivity index (χ4n) is 3.98. The fourth-order valence-corrected chi connectivity index (χ4v) is 3.98. The number of ether oxygens (including phenoxy) is 1. The first kappa shape index (κ1) is 14.3. The Hall–Kier alpha value is -0.640. The third-order valence-corrected chi connectivity index (χ3v) is 5.22. The van der Waals surface area contributed by atoms with Crippen molar-refractivity contribution in [2.24, 2.45) is 0 Å². The molecule has 0 atom stereocenters. The molecule has 3 fully saturated rings. The van der Waals surface area contributed by atoms with E-state index in [2.05, 4.69) is 0 Å². The van der Waals surface area contributed by atoms with Gasteiger partial charge in [-0.15, -0.1) is 0 Å². The largest absolute Gasteiger partial charge is 0.373 e. The van der Waals surface area contributed by atoms with Gasteiger partial charge in [0, 0.05) is 12.1 Å². The molecule has 0 radical (unpaired) electrons. The standard InChI is InChI=1S/C16H26FNO2/c17-16(11-20-12-16)15(19)18(13-7-3-1-4-8-13)14-9-5-2-6-10-14/h13-14H,1-12H2. The molecule has 0 aromatic carbocycles. The second-order valence-electron chi connectivity index (χ2n) is 6.75. The van der Waals surface area contributed by atoms with E-state index in [1.165, 1.54) is 38.5 Å². The lowest BCUT2D eigenvalue weighted by Gasteiger charge is -2.46. The third kappa shape index (κ3) is 2.72. The Labute approximate surface area is 120 Å². The fraction of sp³-hybridized carbons (Fsp3) is 0.938. The molecule has 3 nitrogen and oxygen atoms in total. The van der Waals surface area contributed by atoms with Crippen LogP contribution in [0.15, 0.2) is 0 Å². The lowest BCUT2D eigenvalue weighted by molar-refractivity contribution is -0.183. The Bertz CT molecular complexity index is 326. The monoisotopic (exact) mass is 283 g/mol. The SMILES string of the molecule is O=C(N(C1CCCCC1)C1CCCCC1)C1(F)COC1. The Balaban J connectivity index is 1.76. The zero-order chi connectivity index (χ0) is 14.0. The molecule has 3 aliphatic rings. The van der Waals surface area contributed by atoms with Crippen LogP contribution in [0.3, 0.4) is 0 Å². The molecule has 1 saturated heterocycles. The lowest BCUT2D eigenvalue weighted by Crippen LogP contribution is -2.62. The maximum absolute atomic E-state index is 14.5. The number of amides is 1. The van der Waals surface area contributed by atoms with Crippen molar-refractivity contribution in [1.82, 2.24) is 4.90 Å². The summed E-state index contributed by atoms with van der Waals surface area (Å²) in [5, 5.41) is 0. The molecule has 0 N–H and O–H groups in total. The predicted octanol–water partition coefficient (Wildman–Crippen LogP) is 3.22. The minimum Gasteiger partial charge on any atom is -0.373 e. The van der Waals surface area contributed by atoms with Gasteiger partial charge in [-0.05, 0) is 25.7 Å². The predicted molar refractivity (Wildman–Crippen MR) is 75.3 cm³/mol. The lowest BCUT2D eigenvalue weighted by atomic mass is 9.87. The molecule has 0 aromatic rings. The molecule has 0 bridgehead atoms. The second-order valence-corrected chi connectivity index (χ2v) is 6.75. The molecule has 0 unspecified atom stereocenters. The molecule has 2 aliphatic carbocycles. The molecule has 20 heavy (non-hydrogen) atoms. The molecule has 114 valence electrons. The number of halogens is 1. The van der Waals surface area contributed by atoms with Gasteiger partial charge in [0.2, 0.25) is 5.67 Å². The molecule has 1 amide bonds. The second kappa shape index (κ2) is 6.00. The van der Waals surface area contributed by atoms with E-state index in [0.717, 1.165) is 25.7 Å². The molecule has 4 heteroatoms. The molecule has 0 spiro atoms. The van der Waals surface area contributed by atoms with Crippen LogP contribution in [0.4, 0.5) is 4.39 Å². The van der Waals surface area contributed by atoms with Gasteiger partial charge in [0.25, 0.3) is 5.91 Å². The van der Waals surface area contributed by atoms with E-state index in [4.69, 9.17) is 4.74 Å². The van der Waals surface area contributed by atoms with Crippen molar-refractivity contribution in [3.05, 3.63) is 0 Å². The van der Waals surface area contributed by atoms with Gasteiger partial charge in [-0.25, -0.2) is 4.39 Å². The van der Waals surface area contributed by atoms with Crippen LogP contribution in [0, 0.1) is 0 Å². The van der Waals surface area contributed by atoms with E-state index in [1.54, 1.807) is 0 Å². The zero-order valence-electron chi connectivity index (χ0n) is 12.3. The van der Waals surface area contributed by atoms with Crippen LogP contribution in [0.1, 0.15) is 64.2 Å². The number of rotatable bonds is 3. The van der Waals surface area contributed by atoms with Crippen molar-refractivity contribution in [3.63, 3.8) is 0 Å². The molecular formula is C16H26FNO2. The van der Waals surface area contributed by atoms with E-state index in [0.29, 0.717) is 0 Å². The van der Waals surface area contributed by atoms with E-state index in [9.17, 15) is 9.18 Å². The van der Waals surface area contributed by atoms with E-state index >= 15 is 0 Å². The van der Waals surface area contributed by atoms with Gasteiger partial charge in [-0.3, -0.25) is 4.79 Å². The zero-order valence-corrected chi connectivity index (χ0v) is 12.3. The van der Waals surface area contributed by atoms with Gasteiger partial charge >= 0.3 is 0 Å². The Morgan fingerprint density at radius 2 is 1.35 bits per heavy atom. The van der Waals surface area contributed by atoms with Crippen molar-refractivity contribution in [2.75, 3.05) is 13.2 Å². The summed E-state index contributed by atoms with van der Waals surface area (Å²) in [5.74, 6) is -0.275. The number of hydrogen-bond acceptors (Lipinski definition) is 2. The first-order valence-electron chi connectivity index (χ1n) is 8.30. The Morgan fingerprint density at radius 3 is 1.70 bits per heavy atom. The minimum atomic E-state index is -1.73. The molecule has 1 aliphatic heterocycles. The average molecular weight is 283 g/mol. The van der Waals surface area contributed by atoms with Crippen LogP contribution >= 0.6 is 0 Å². The van der Waals surface area contributed by atoms with Gasteiger partial charge in [-0.1, -0.05) is 38.5 Å². The summed E-state index contributed by atoms with van der Waals surface area (Å²) in [7, 11) is 0. The van der Waals surface area contributed by atoms with Crippen LogP contribution in [0.2, 0.25) is 0 Å². The van der Waals surface area contributed by atoms with E-state index in [-0.39, 0.29) is 31.2 Å². The molecule has 2 saturated carbocycles. The van der Waals surface area contributed by atoms with Crippen LogP contribution in [-0.2, 0) is 9.53 Å². The van der Waals surface area contributed by atoms with Gasteiger partial charge in [0.1, 0.15) is 0 Å². The minimum absolute atomic E-state index is 0.0399. The van der Waals surface area contributed by atoms with E-state index in [1.807, 2.05) is 4.90 Å². The number of carbonyl (C=O) groups is 1. The van der Waals surface area contributed by atoms with Crippen molar-refractivity contribution in [1.29, 1.82) is 0 Å². The summed E-state index contributed by atoms with van der Waals surface area (Å²) >= 11 is 0. The van der Waals surface area contributed by atoms with Crippen LogP contribution in [0.5, 0.6) is 0 Å². The quantitative estimate of drug-likeness (QED) is 0.796. The van der Waals surface area contributed by atoms with Gasteiger partial charge < -0.3 is 9.64 Å². The van der Waals surface area contributed by atoms with Crippen molar-refractivity contribution in [3.8, 4) is 0 Å². The smallest absolute Gasteiger partial charge is 0.265 e. The first-order valence-corrected chi connectivity index (χ1v) is 8.30. The highest BCUT2D eigenvalue weighted by Crippen LogP contribution is 2.34. The van der Waals surface area contributed by atoms with Crippen molar-refractivity contribution in [2.45, 2.75) is 82.0 Å². The normalized spacial score (nSPS) is 27.9. The van der Waals surface area contributed by atoms with Gasteiger partial charge in [-0.2, -0.15) is 0 Å². The van der Waals surface area contributed by atoms with Crippen LogP contribution in [-0.4, -0.2) is 41.8 Å². The average Bonchev–Trinajstić information content (AvgIpc) is 2.47. The Morgan fingerprint density at radius 1 is 0.900 bits per heavy atom.